The van der Waals surface area contributed by atoms with Crippen molar-refractivity contribution in [2.75, 3.05) is 20.1 Å². The molecule has 2 N–H and O–H groups in total. The van der Waals surface area contributed by atoms with Crippen LogP contribution in [0.3, 0.4) is 0 Å². The third-order valence-corrected chi connectivity index (χ3v) is 4.56. The van der Waals surface area contributed by atoms with E-state index in [2.05, 4.69) is 0 Å². The van der Waals surface area contributed by atoms with Gasteiger partial charge >= 0.3 is 0 Å². The average Bonchev–Trinajstić information content (AvgIpc) is 2.35. The van der Waals surface area contributed by atoms with Crippen molar-refractivity contribution < 1.29 is 8.42 Å². The fourth-order valence-electron chi connectivity index (χ4n) is 1.54. The number of aryl methyl sites for hydroxylation is 1. The molecule has 0 spiro atoms. The summed E-state index contributed by atoms with van der Waals surface area (Å²) >= 11 is 0. The molecule has 0 saturated heterocycles. The molecule has 1 aromatic carbocycles. The smallest absolute Gasteiger partial charge is 0.242 e. The molecule has 0 radical (unpaired) electrons. The summed E-state index contributed by atoms with van der Waals surface area (Å²) in [6.07, 6.45) is 0.616. The predicted octanol–water partition coefficient (Wildman–Crippen LogP) is 0.836. The van der Waals surface area contributed by atoms with Crippen molar-refractivity contribution in [1.29, 1.82) is 5.26 Å². The van der Waals surface area contributed by atoms with Gasteiger partial charge in [-0.1, -0.05) is 0 Å². The van der Waals surface area contributed by atoms with Crippen LogP contribution in [0.2, 0.25) is 0 Å². The maximum Gasteiger partial charge on any atom is 0.242 e. The lowest BCUT2D eigenvalue weighted by Crippen LogP contribution is -2.29. The van der Waals surface area contributed by atoms with E-state index in [4.69, 9.17) is 11.0 Å². The first kappa shape index (κ1) is 14.6. The Bertz CT molecular complexity index is 561. The van der Waals surface area contributed by atoms with Crippen LogP contribution in [0.15, 0.2) is 23.1 Å². The SMILES string of the molecule is Cc1cc(S(=O)(=O)N(C)CCCN)ccc1C#N. The zero-order valence-corrected chi connectivity index (χ0v) is 11.4. The number of hydrogen-bond donors (Lipinski definition) is 1. The Kier molecular flexibility index (Phi) is 4.84. The first-order chi connectivity index (χ1) is 8.43. The molecule has 0 atom stereocenters. The maximum atomic E-state index is 12.2. The highest BCUT2D eigenvalue weighted by molar-refractivity contribution is 7.89. The van der Waals surface area contributed by atoms with Crippen LogP contribution < -0.4 is 5.73 Å². The first-order valence-corrected chi connectivity index (χ1v) is 7.04. The zero-order chi connectivity index (χ0) is 13.8. The van der Waals surface area contributed by atoms with E-state index in [1.807, 2.05) is 6.07 Å². The van der Waals surface area contributed by atoms with E-state index >= 15 is 0 Å². The fourth-order valence-corrected chi connectivity index (χ4v) is 2.83. The van der Waals surface area contributed by atoms with Gasteiger partial charge in [-0.25, -0.2) is 12.7 Å². The summed E-state index contributed by atoms with van der Waals surface area (Å²) in [5, 5.41) is 8.81. The van der Waals surface area contributed by atoms with E-state index in [0.29, 0.717) is 30.6 Å². The highest BCUT2D eigenvalue weighted by Gasteiger charge is 2.20. The monoisotopic (exact) mass is 267 g/mol. The summed E-state index contributed by atoms with van der Waals surface area (Å²) in [5.74, 6) is 0. The van der Waals surface area contributed by atoms with Crippen LogP contribution in [0.1, 0.15) is 17.5 Å². The molecule has 6 heteroatoms. The topological polar surface area (TPSA) is 87.2 Å². The van der Waals surface area contributed by atoms with Crippen LogP contribution in [0, 0.1) is 18.3 Å². The Morgan fingerprint density at radius 1 is 1.44 bits per heavy atom. The van der Waals surface area contributed by atoms with Crippen LogP contribution in [0.5, 0.6) is 0 Å². The molecule has 0 bridgehead atoms. The standard InChI is InChI=1S/C12H17N3O2S/c1-10-8-12(5-4-11(10)9-14)18(16,17)15(2)7-3-6-13/h4-5,8H,3,6-7,13H2,1-2H3. The number of rotatable bonds is 5. The van der Waals surface area contributed by atoms with Crippen LogP contribution in [0.25, 0.3) is 0 Å². The summed E-state index contributed by atoms with van der Waals surface area (Å²) in [6.45, 7) is 2.56. The van der Waals surface area contributed by atoms with Gasteiger partial charge in [0.25, 0.3) is 0 Å². The highest BCUT2D eigenvalue weighted by atomic mass is 32.2. The summed E-state index contributed by atoms with van der Waals surface area (Å²) in [5.41, 5.74) is 6.51. The van der Waals surface area contributed by atoms with Gasteiger partial charge in [-0.15, -0.1) is 0 Å². The number of benzene rings is 1. The lowest BCUT2D eigenvalue weighted by Gasteiger charge is -2.17. The van der Waals surface area contributed by atoms with Gasteiger partial charge in [-0.2, -0.15) is 5.26 Å². The molecule has 0 fully saturated rings. The van der Waals surface area contributed by atoms with Crippen molar-refractivity contribution in [3.8, 4) is 6.07 Å². The van der Waals surface area contributed by atoms with Gasteiger partial charge in [0, 0.05) is 13.6 Å². The molecule has 1 rings (SSSR count). The zero-order valence-electron chi connectivity index (χ0n) is 10.5. The Morgan fingerprint density at radius 3 is 2.61 bits per heavy atom. The lowest BCUT2D eigenvalue weighted by molar-refractivity contribution is 0.463. The first-order valence-electron chi connectivity index (χ1n) is 5.60. The summed E-state index contributed by atoms with van der Waals surface area (Å²) in [7, 11) is -1.96. The van der Waals surface area contributed by atoms with E-state index in [-0.39, 0.29) is 4.90 Å². The number of hydrogen-bond acceptors (Lipinski definition) is 4. The Morgan fingerprint density at radius 2 is 2.11 bits per heavy atom. The van der Waals surface area contributed by atoms with Gasteiger partial charge in [-0.3, -0.25) is 0 Å². The van der Waals surface area contributed by atoms with Gasteiger partial charge in [0.15, 0.2) is 0 Å². The van der Waals surface area contributed by atoms with Crippen LogP contribution in [0.4, 0.5) is 0 Å². The molecular formula is C12H17N3O2S. The van der Waals surface area contributed by atoms with Gasteiger partial charge in [0.05, 0.1) is 16.5 Å². The van der Waals surface area contributed by atoms with Crippen molar-refractivity contribution in [2.24, 2.45) is 5.73 Å². The second-order valence-electron chi connectivity index (χ2n) is 4.06. The molecule has 0 aromatic heterocycles. The molecule has 0 amide bonds. The minimum Gasteiger partial charge on any atom is -0.330 e. The minimum absolute atomic E-state index is 0.207. The van der Waals surface area contributed by atoms with Crippen molar-refractivity contribution in [2.45, 2.75) is 18.2 Å². The van der Waals surface area contributed by atoms with E-state index in [0.717, 1.165) is 0 Å². The molecule has 0 aliphatic rings. The quantitative estimate of drug-likeness (QED) is 0.856. The van der Waals surface area contributed by atoms with Gasteiger partial charge < -0.3 is 5.73 Å². The molecule has 0 aliphatic heterocycles. The average molecular weight is 267 g/mol. The third-order valence-electron chi connectivity index (χ3n) is 2.70. The molecule has 0 saturated carbocycles. The van der Waals surface area contributed by atoms with Gasteiger partial charge in [-0.05, 0) is 43.7 Å². The number of nitrogens with zero attached hydrogens (tertiary/aromatic N) is 2. The number of nitrogens with two attached hydrogens (primary N) is 1. The summed E-state index contributed by atoms with van der Waals surface area (Å²) in [4.78, 5) is 0.207. The minimum atomic E-state index is -3.49. The largest absolute Gasteiger partial charge is 0.330 e. The molecule has 98 valence electrons. The van der Waals surface area contributed by atoms with Crippen molar-refractivity contribution in [1.82, 2.24) is 4.31 Å². The molecule has 0 heterocycles. The van der Waals surface area contributed by atoms with E-state index in [1.165, 1.54) is 29.6 Å². The number of nitriles is 1. The van der Waals surface area contributed by atoms with Crippen molar-refractivity contribution in [3.63, 3.8) is 0 Å². The molecule has 0 unspecified atom stereocenters. The molecule has 5 nitrogen and oxygen atoms in total. The summed E-state index contributed by atoms with van der Waals surface area (Å²) in [6, 6.07) is 6.52. The molecule has 0 aliphatic carbocycles. The molecular weight excluding hydrogens is 250 g/mol. The van der Waals surface area contributed by atoms with Gasteiger partial charge in [0.2, 0.25) is 10.0 Å². The van der Waals surface area contributed by atoms with Crippen molar-refractivity contribution in [3.05, 3.63) is 29.3 Å². The van der Waals surface area contributed by atoms with Gasteiger partial charge in [0.1, 0.15) is 0 Å². The Hall–Kier alpha value is -1.42. The van der Waals surface area contributed by atoms with Crippen LogP contribution >= 0.6 is 0 Å². The van der Waals surface area contributed by atoms with E-state index in [9.17, 15) is 8.42 Å². The van der Waals surface area contributed by atoms with E-state index < -0.39 is 10.0 Å². The highest BCUT2D eigenvalue weighted by Crippen LogP contribution is 2.18. The Balaban J connectivity index is 3.06. The van der Waals surface area contributed by atoms with Crippen LogP contribution in [-0.2, 0) is 10.0 Å². The van der Waals surface area contributed by atoms with E-state index in [1.54, 1.807) is 6.92 Å². The second-order valence-corrected chi connectivity index (χ2v) is 6.10. The third kappa shape index (κ3) is 3.07. The summed E-state index contributed by atoms with van der Waals surface area (Å²) < 4.78 is 25.7. The number of sulfonamides is 1. The molecule has 1 aromatic rings. The lowest BCUT2D eigenvalue weighted by atomic mass is 10.1. The maximum absolute atomic E-state index is 12.2. The predicted molar refractivity (Wildman–Crippen MR) is 69.4 cm³/mol. The molecule has 18 heavy (non-hydrogen) atoms. The van der Waals surface area contributed by atoms with Crippen LogP contribution in [-0.4, -0.2) is 32.9 Å². The Labute approximate surface area is 108 Å². The second kappa shape index (κ2) is 5.96. The van der Waals surface area contributed by atoms with Crippen molar-refractivity contribution >= 4 is 10.0 Å². The normalized spacial score (nSPS) is 11.5. The fraction of sp³-hybridized carbons (Fsp3) is 0.417.